The van der Waals surface area contributed by atoms with Crippen LogP contribution in [0.3, 0.4) is 0 Å². The molecule has 0 heterocycles. The molecule has 0 amide bonds. The molecule has 0 saturated carbocycles. The van der Waals surface area contributed by atoms with E-state index in [1.807, 2.05) is 0 Å². The van der Waals surface area contributed by atoms with Gasteiger partial charge in [-0.2, -0.15) is 0 Å². The Morgan fingerprint density at radius 2 is 0.562 bits per heavy atom. The highest BCUT2D eigenvalue weighted by Crippen LogP contribution is 2.68. The second-order valence-corrected chi connectivity index (χ2v) is 27.1. The van der Waals surface area contributed by atoms with Crippen molar-refractivity contribution in [2.45, 2.75) is 63.2 Å². The van der Waals surface area contributed by atoms with Gasteiger partial charge >= 0.3 is 0 Å². The summed E-state index contributed by atoms with van der Waals surface area (Å²) in [6.07, 6.45) is 0. The minimum absolute atomic E-state index is 0.148. The normalized spacial score (nSPS) is 15.2. The molecule has 1 nitrogen and oxygen atoms in total. The number of anilines is 3. The summed E-state index contributed by atoms with van der Waals surface area (Å²) in [6.45, 7) is 14.5. The van der Waals surface area contributed by atoms with Crippen LogP contribution in [0.1, 0.15) is 97.2 Å². The molecule has 5 aliphatic rings. The summed E-state index contributed by atoms with van der Waals surface area (Å²) in [5, 5.41) is 0. The minimum atomic E-state index is -0.493. The van der Waals surface area contributed by atoms with E-state index in [-0.39, 0.29) is 16.2 Å². The molecule has 5 aliphatic carbocycles. The topological polar surface area (TPSA) is 3.24 Å². The molecule has 0 saturated heterocycles. The van der Waals surface area contributed by atoms with Gasteiger partial charge in [-0.1, -0.05) is 266 Å². The second-order valence-electron chi connectivity index (χ2n) is 27.1. The third-order valence-electron chi connectivity index (χ3n) is 21.5. The lowest BCUT2D eigenvalue weighted by molar-refractivity contribution is 0.660. The van der Waals surface area contributed by atoms with Gasteiger partial charge in [-0.05, 0) is 216 Å². The van der Waals surface area contributed by atoms with Crippen LogP contribution >= 0.6 is 0 Å². The summed E-state index contributed by atoms with van der Waals surface area (Å²) in [7, 11) is 0. The van der Waals surface area contributed by atoms with Gasteiger partial charge in [0.15, 0.2) is 0 Å². The Bertz CT molecular complexity index is 4970. The fourth-order valence-corrected chi connectivity index (χ4v) is 17.3. The van der Waals surface area contributed by atoms with E-state index < -0.39 is 5.41 Å². The molecule has 0 fully saturated rings. The predicted octanol–water partition coefficient (Wildman–Crippen LogP) is 23.1. The third kappa shape index (κ3) is 7.13. The largest absolute Gasteiger partial charge is 0.310 e. The van der Waals surface area contributed by atoms with Gasteiger partial charge in [-0.3, -0.25) is 0 Å². The zero-order valence-corrected chi connectivity index (χ0v) is 51.1. The van der Waals surface area contributed by atoms with E-state index >= 15 is 0 Å². The van der Waals surface area contributed by atoms with Crippen molar-refractivity contribution >= 4 is 17.1 Å². The van der Waals surface area contributed by atoms with E-state index in [2.05, 4.69) is 332 Å². The first-order valence-electron chi connectivity index (χ1n) is 31.7. The zero-order chi connectivity index (χ0) is 59.7. The molecule has 1 spiro atoms. The Labute approximate surface area is 522 Å². The number of hydrogen-bond donors (Lipinski definition) is 0. The Hall–Kier alpha value is -10.3. The van der Waals surface area contributed by atoms with Crippen molar-refractivity contribution < 1.29 is 0 Å². The van der Waals surface area contributed by atoms with E-state index in [1.165, 1.54) is 156 Å². The maximum atomic E-state index is 2.62. The Morgan fingerprint density at radius 3 is 1.06 bits per heavy atom. The van der Waals surface area contributed by atoms with Gasteiger partial charge in [-0.15, -0.1) is 0 Å². The Kier molecular flexibility index (Phi) is 10.8. The summed E-state index contributed by atoms with van der Waals surface area (Å²) < 4.78 is 0. The van der Waals surface area contributed by atoms with Crippen molar-refractivity contribution in [2.75, 3.05) is 4.90 Å². The molecule has 0 aliphatic heterocycles. The molecule has 13 aromatic rings. The second kappa shape index (κ2) is 18.6. The first kappa shape index (κ1) is 51.8. The third-order valence-corrected chi connectivity index (χ3v) is 21.5. The van der Waals surface area contributed by atoms with Crippen molar-refractivity contribution in [3.05, 3.63) is 341 Å². The standard InChI is InChI=1S/C88H65N/c1-85(2)73-30-16-10-24-64(73)68-46-40-57(51-79(68)85)59-48-60(58-41-47-69-65-25-11-17-31-74(65)86(3,4)80(69)52-58)50-63(49-59)89(61-42-36-55(37-43-61)54-22-8-7-9-23-54)62-44-38-56(39-45-62)72-53-81-82(83-70-28-14-18-32-75(70)87(5,6)84(72)83)71-29-15-21-35-78(71)88(81)76-33-19-12-26-66(76)67-27-13-20-34-77(67)88/h7-53H,1-6H3. The lowest BCUT2D eigenvalue weighted by atomic mass is 9.69. The van der Waals surface area contributed by atoms with E-state index in [0.717, 1.165) is 17.1 Å². The van der Waals surface area contributed by atoms with Crippen molar-refractivity contribution in [3.63, 3.8) is 0 Å². The fraction of sp³-hybridized carbons (Fsp3) is 0.114. The smallest absolute Gasteiger partial charge is 0.0725 e. The van der Waals surface area contributed by atoms with Crippen LogP contribution in [0.5, 0.6) is 0 Å². The van der Waals surface area contributed by atoms with Crippen LogP contribution in [0, 0.1) is 0 Å². The van der Waals surface area contributed by atoms with Crippen LogP contribution in [0.15, 0.2) is 285 Å². The lowest BCUT2D eigenvalue weighted by Gasteiger charge is -2.32. The molecule has 13 aromatic carbocycles. The van der Waals surface area contributed by atoms with E-state index in [9.17, 15) is 0 Å². The molecule has 422 valence electrons. The summed E-state index contributed by atoms with van der Waals surface area (Å²) >= 11 is 0. The molecular weight excluding hydrogens is 1070 g/mol. The van der Waals surface area contributed by atoms with Gasteiger partial charge < -0.3 is 4.90 Å². The number of nitrogens with zero attached hydrogens (tertiary/aromatic N) is 1. The molecule has 1 heteroatoms. The molecule has 89 heavy (non-hydrogen) atoms. The molecule has 0 aromatic heterocycles. The zero-order valence-electron chi connectivity index (χ0n) is 51.1. The van der Waals surface area contributed by atoms with E-state index in [4.69, 9.17) is 0 Å². The van der Waals surface area contributed by atoms with E-state index in [0.29, 0.717) is 0 Å². The predicted molar refractivity (Wildman–Crippen MR) is 372 cm³/mol. The quantitative estimate of drug-likeness (QED) is 0.154. The lowest BCUT2D eigenvalue weighted by Crippen LogP contribution is -2.26. The molecule has 0 N–H and O–H groups in total. The first-order chi connectivity index (χ1) is 43.4. The number of benzene rings is 13. The summed E-state index contributed by atoms with van der Waals surface area (Å²) in [6, 6.07) is 109. The van der Waals surface area contributed by atoms with E-state index in [1.54, 1.807) is 0 Å². The molecular formula is C88H65N. The Balaban J connectivity index is 0.854. The number of hydrogen-bond acceptors (Lipinski definition) is 1. The van der Waals surface area contributed by atoms with Gasteiger partial charge in [0.25, 0.3) is 0 Å². The SMILES string of the molecule is CC1(C)c2ccccc2-c2ccc(-c3cc(-c4ccc5c(c4)C(C)(C)c4ccccc4-5)cc(N(c4ccc(-c5ccccc5)cc4)c4ccc(-c5cc6c(c7c5C(C)(C)c5ccccc5-7)-c5ccccc5C65c6ccccc6-c6ccccc65)cc4)c3)cc21. The molecule has 18 rings (SSSR count). The monoisotopic (exact) mass is 1140 g/mol. The number of fused-ring (bicyclic) bond motifs is 20. The molecule has 0 atom stereocenters. The van der Waals surface area contributed by atoms with Crippen LogP contribution in [-0.2, 0) is 21.7 Å². The first-order valence-corrected chi connectivity index (χ1v) is 31.7. The highest BCUT2D eigenvalue weighted by atomic mass is 15.1. The van der Waals surface area contributed by atoms with Crippen LogP contribution in [0.2, 0.25) is 0 Å². The van der Waals surface area contributed by atoms with Crippen LogP contribution in [0.25, 0.3) is 100 Å². The molecule has 0 bridgehead atoms. The van der Waals surface area contributed by atoms with Crippen LogP contribution in [-0.4, -0.2) is 0 Å². The van der Waals surface area contributed by atoms with Crippen molar-refractivity contribution in [1.29, 1.82) is 0 Å². The maximum absolute atomic E-state index is 2.62. The van der Waals surface area contributed by atoms with Gasteiger partial charge in [0.2, 0.25) is 0 Å². The van der Waals surface area contributed by atoms with Gasteiger partial charge in [0.05, 0.1) is 5.41 Å². The fourth-order valence-electron chi connectivity index (χ4n) is 17.3. The summed E-state index contributed by atoms with van der Waals surface area (Å²) in [4.78, 5) is 2.50. The highest BCUT2D eigenvalue weighted by Gasteiger charge is 2.54. The van der Waals surface area contributed by atoms with Gasteiger partial charge in [0.1, 0.15) is 0 Å². The molecule has 0 unspecified atom stereocenters. The van der Waals surface area contributed by atoms with Crippen LogP contribution in [0.4, 0.5) is 17.1 Å². The highest BCUT2D eigenvalue weighted by molar-refractivity contribution is 6.06. The average molecular weight is 1140 g/mol. The van der Waals surface area contributed by atoms with Crippen molar-refractivity contribution in [2.24, 2.45) is 0 Å². The molecule has 0 radical (unpaired) electrons. The van der Waals surface area contributed by atoms with Crippen molar-refractivity contribution in [3.8, 4) is 100 Å². The van der Waals surface area contributed by atoms with Crippen LogP contribution < -0.4 is 4.90 Å². The Morgan fingerprint density at radius 1 is 0.202 bits per heavy atom. The maximum Gasteiger partial charge on any atom is 0.0725 e. The number of rotatable bonds is 7. The summed E-state index contributed by atoms with van der Waals surface area (Å²) in [5.74, 6) is 0. The summed E-state index contributed by atoms with van der Waals surface area (Å²) in [5.41, 5.74) is 38.9. The van der Waals surface area contributed by atoms with Crippen molar-refractivity contribution in [1.82, 2.24) is 0 Å². The minimum Gasteiger partial charge on any atom is -0.310 e. The average Bonchev–Trinajstić information content (AvgIpc) is 1.50. The van der Waals surface area contributed by atoms with Gasteiger partial charge in [0, 0.05) is 33.3 Å². The van der Waals surface area contributed by atoms with Gasteiger partial charge in [-0.25, -0.2) is 0 Å².